The molecule has 2 fully saturated rings. The predicted molar refractivity (Wildman–Crippen MR) is 81.4 cm³/mol. The largest absolute Gasteiger partial charge is 0.368 e. The Morgan fingerprint density at radius 1 is 1.36 bits per heavy atom. The number of amides is 2. The number of piperazine rings is 1. The summed E-state index contributed by atoms with van der Waals surface area (Å²) < 4.78 is 31.9. The summed E-state index contributed by atoms with van der Waals surface area (Å²) >= 11 is 0. The van der Waals surface area contributed by atoms with Gasteiger partial charge in [0, 0.05) is 12.1 Å². The van der Waals surface area contributed by atoms with E-state index >= 15 is 0 Å². The van der Waals surface area contributed by atoms with Crippen molar-refractivity contribution in [3.63, 3.8) is 0 Å². The van der Waals surface area contributed by atoms with Crippen molar-refractivity contribution in [2.45, 2.75) is 17.2 Å². The van der Waals surface area contributed by atoms with Gasteiger partial charge < -0.3 is 15.4 Å². The lowest BCUT2D eigenvalue weighted by molar-refractivity contribution is -0.384. The lowest BCUT2D eigenvalue weighted by Crippen LogP contribution is -2.60. The number of carbonyl (C=O) groups excluding carboxylic acids is 2. The van der Waals surface area contributed by atoms with E-state index in [4.69, 9.17) is 10.5 Å². The highest BCUT2D eigenvalue weighted by atomic mass is 32.2. The van der Waals surface area contributed by atoms with Crippen LogP contribution in [0.2, 0.25) is 0 Å². The molecule has 0 unspecified atom stereocenters. The third-order valence-electron chi connectivity index (χ3n) is 3.98. The first-order valence-corrected chi connectivity index (χ1v) is 8.62. The van der Waals surface area contributed by atoms with Crippen molar-refractivity contribution in [3.05, 3.63) is 34.4 Å². The van der Waals surface area contributed by atoms with Crippen LogP contribution >= 0.6 is 0 Å². The Balaban J connectivity index is 1.90. The summed E-state index contributed by atoms with van der Waals surface area (Å²) in [5.74, 6) is -1.28. The van der Waals surface area contributed by atoms with Gasteiger partial charge in [-0.25, -0.2) is 8.42 Å². The van der Waals surface area contributed by atoms with E-state index in [1.807, 2.05) is 0 Å². The van der Waals surface area contributed by atoms with Gasteiger partial charge in [-0.2, -0.15) is 4.31 Å². The summed E-state index contributed by atoms with van der Waals surface area (Å²) in [6, 6.07) is 3.25. The average Bonchev–Trinajstić information content (AvgIpc) is 2.91. The number of non-ortho nitro benzene ring substituents is 1. The van der Waals surface area contributed by atoms with Crippen molar-refractivity contribution in [2.75, 3.05) is 19.7 Å². The summed E-state index contributed by atoms with van der Waals surface area (Å²) in [4.78, 5) is 34.4. The van der Waals surface area contributed by atoms with Gasteiger partial charge in [-0.3, -0.25) is 19.7 Å². The molecular weight excluding hydrogens is 356 g/mol. The van der Waals surface area contributed by atoms with E-state index in [9.17, 15) is 28.1 Å². The molecule has 2 aliphatic rings. The topological polar surface area (TPSA) is 153 Å². The standard InChI is InChI=1S/C13H14N4O7S/c14-11(18)5-15-6-12-16(10(7-24-12)13(15)19)25(22,23)9-3-1-8(2-4-9)17(20)21/h1-4,10,12H,5-7H2,(H2,14,18)/t10-,12-/m0/s1. The molecule has 2 bridgehead atoms. The summed E-state index contributed by atoms with van der Waals surface area (Å²) in [6.07, 6.45) is -0.942. The highest BCUT2D eigenvalue weighted by Gasteiger charge is 2.52. The van der Waals surface area contributed by atoms with Gasteiger partial charge in [0.1, 0.15) is 12.3 Å². The molecule has 12 heteroatoms. The molecule has 134 valence electrons. The van der Waals surface area contributed by atoms with Crippen LogP contribution in [0.15, 0.2) is 29.2 Å². The molecule has 0 saturated carbocycles. The van der Waals surface area contributed by atoms with E-state index in [-0.39, 0.29) is 30.3 Å². The number of hydrogen-bond donors (Lipinski definition) is 1. The monoisotopic (exact) mass is 370 g/mol. The average molecular weight is 370 g/mol. The SMILES string of the molecule is NC(=O)CN1C[C@@H]2OC[C@@H](C1=O)N2S(=O)(=O)c1ccc([N+](=O)[O-])cc1. The van der Waals surface area contributed by atoms with Gasteiger partial charge in [0.2, 0.25) is 21.8 Å². The maximum absolute atomic E-state index is 12.8. The number of nitro benzene ring substituents is 1. The number of rotatable bonds is 5. The van der Waals surface area contributed by atoms with Crippen molar-refractivity contribution in [3.8, 4) is 0 Å². The van der Waals surface area contributed by atoms with E-state index in [0.29, 0.717) is 0 Å². The van der Waals surface area contributed by atoms with Crippen LogP contribution in [-0.4, -0.2) is 66.3 Å². The highest BCUT2D eigenvalue weighted by molar-refractivity contribution is 7.89. The third kappa shape index (κ3) is 2.94. The Morgan fingerprint density at radius 2 is 2.00 bits per heavy atom. The molecule has 2 atom stereocenters. The first kappa shape index (κ1) is 17.3. The molecule has 1 aromatic carbocycles. The number of nitrogens with two attached hydrogens (primary N) is 1. The highest BCUT2D eigenvalue weighted by Crippen LogP contribution is 2.32. The van der Waals surface area contributed by atoms with Crippen molar-refractivity contribution in [1.29, 1.82) is 0 Å². The Labute approximate surface area is 142 Å². The Morgan fingerprint density at radius 3 is 2.56 bits per heavy atom. The van der Waals surface area contributed by atoms with Crippen LogP contribution in [0.1, 0.15) is 0 Å². The number of sulfonamides is 1. The second-order valence-corrected chi connectivity index (χ2v) is 7.42. The number of nitro groups is 1. The number of primary amides is 1. The first-order chi connectivity index (χ1) is 11.7. The first-order valence-electron chi connectivity index (χ1n) is 7.18. The Hall–Kier alpha value is -2.57. The molecule has 0 aromatic heterocycles. The normalized spacial score (nSPS) is 23.7. The molecular formula is C13H14N4O7S. The maximum Gasteiger partial charge on any atom is 0.269 e. The smallest absolute Gasteiger partial charge is 0.269 e. The van der Waals surface area contributed by atoms with Gasteiger partial charge in [0.25, 0.3) is 5.69 Å². The number of nitrogens with zero attached hydrogens (tertiary/aromatic N) is 3. The molecule has 0 spiro atoms. The van der Waals surface area contributed by atoms with E-state index < -0.39 is 39.0 Å². The van der Waals surface area contributed by atoms with Crippen LogP contribution in [0.3, 0.4) is 0 Å². The van der Waals surface area contributed by atoms with Crippen LogP contribution in [0, 0.1) is 10.1 Å². The van der Waals surface area contributed by atoms with E-state index in [1.165, 1.54) is 0 Å². The van der Waals surface area contributed by atoms with Crippen molar-refractivity contribution >= 4 is 27.5 Å². The molecule has 2 heterocycles. The van der Waals surface area contributed by atoms with Crippen molar-refractivity contribution in [1.82, 2.24) is 9.21 Å². The quantitative estimate of drug-likeness (QED) is 0.496. The van der Waals surface area contributed by atoms with Gasteiger partial charge in [-0.05, 0) is 12.1 Å². The second-order valence-electron chi connectivity index (χ2n) is 5.57. The van der Waals surface area contributed by atoms with Crippen molar-refractivity contribution in [2.24, 2.45) is 5.73 Å². The minimum Gasteiger partial charge on any atom is -0.368 e. The molecule has 2 aliphatic heterocycles. The second kappa shape index (κ2) is 6.06. The summed E-state index contributed by atoms with van der Waals surface area (Å²) in [6.45, 7) is -0.573. The van der Waals surface area contributed by atoms with E-state index in [2.05, 4.69) is 0 Å². The zero-order valence-corrected chi connectivity index (χ0v) is 13.6. The lowest BCUT2D eigenvalue weighted by Gasteiger charge is -2.37. The van der Waals surface area contributed by atoms with Crippen LogP contribution in [-0.2, 0) is 24.3 Å². The zero-order chi connectivity index (χ0) is 18.4. The maximum atomic E-state index is 12.8. The molecule has 2 N–H and O–H groups in total. The minimum atomic E-state index is -4.10. The molecule has 3 rings (SSSR count). The fourth-order valence-electron chi connectivity index (χ4n) is 2.87. The molecule has 2 saturated heterocycles. The molecule has 0 aliphatic carbocycles. The molecule has 0 radical (unpaired) electrons. The van der Waals surface area contributed by atoms with Gasteiger partial charge in [-0.1, -0.05) is 0 Å². The molecule has 1 aromatic rings. The van der Waals surface area contributed by atoms with Crippen LogP contribution in [0.5, 0.6) is 0 Å². The zero-order valence-electron chi connectivity index (χ0n) is 12.8. The van der Waals surface area contributed by atoms with Crippen LogP contribution in [0.4, 0.5) is 5.69 Å². The number of hydrogen-bond acceptors (Lipinski definition) is 7. The van der Waals surface area contributed by atoms with Gasteiger partial charge in [-0.15, -0.1) is 0 Å². The van der Waals surface area contributed by atoms with E-state index in [1.54, 1.807) is 0 Å². The van der Waals surface area contributed by atoms with Crippen LogP contribution < -0.4 is 5.73 Å². The third-order valence-corrected chi connectivity index (χ3v) is 5.89. The molecule has 25 heavy (non-hydrogen) atoms. The predicted octanol–water partition coefficient (Wildman–Crippen LogP) is -1.36. The fourth-order valence-corrected chi connectivity index (χ4v) is 4.51. The number of benzene rings is 1. The summed E-state index contributed by atoms with van der Waals surface area (Å²) in [5, 5.41) is 10.7. The molecule has 2 amide bonds. The number of carbonyl (C=O) groups is 2. The minimum absolute atomic E-state index is 0.121. The van der Waals surface area contributed by atoms with Crippen LogP contribution in [0.25, 0.3) is 0 Å². The van der Waals surface area contributed by atoms with Gasteiger partial charge in [0.15, 0.2) is 0 Å². The summed E-state index contributed by atoms with van der Waals surface area (Å²) in [7, 11) is -4.10. The summed E-state index contributed by atoms with van der Waals surface area (Å²) in [5.41, 5.74) is 4.84. The Kier molecular flexibility index (Phi) is 4.18. The Bertz CT molecular complexity index is 838. The van der Waals surface area contributed by atoms with Crippen molar-refractivity contribution < 1.29 is 27.7 Å². The fraction of sp³-hybridized carbons (Fsp3) is 0.385. The van der Waals surface area contributed by atoms with Gasteiger partial charge in [0.05, 0.1) is 29.5 Å². The molecule has 11 nitrogen and oxygen atoms in total. The van der Waals surface area contributed by atoms with E-state index in [0.717, 1.165) is 33.5 Å². The number of fused-ring (bicyclic) bond motifs is 2. The van der Waals surface area contributed by atoms with Gasteiger partial charge >= 0.3 is 0 Å². The number of ether oxygens (including phenoxy) is 1. The lowest BCUT2D eigenvalue weighted by atomic mass is 10.2.